The molecule has 3 aromatic rings. The lowest BCUT2D eigenvalue weighted by Gasteiger charge is -2.24. The van der Waals surface area contributed by atoms with Crippen LogP contribution in [0.15, 0.2) is 66.9 Å². The first kappa shape index (κ1) is 25.8. The van der Waals surface area contributed by atoms with E-state index in [9.17, 15) is 14.7 Å². The van der Waals surface area contributed by atoms with Gasteiger partial charge < -0.3 is 29.5 Å². The minimum Gasteiger partial charge on any atom is -0.487 e. The number of carbonyl (C=O) groups excluding carboxylic acids is 1. The zero-order valence-electron chi connectivity index (χ0n) is 21.1. The van der Waals surface area contributed by atoms with E-state index in [1.165, 1.54) is 0 Å². The number of hydrogen-bond acceptors (Lipinski definition) is 7. The number of para-hydroxylation sites is 1. The van der Waals surface area contributed by atoms with Gasteiger partial charge in [0.05, 0.1) is 23.1 Å². The van der Waals surface area contributed by atoms with Crippen molar-refractivity contribution in [2.75, 3.05) is 18.4 Å². The Balaban J connectivity index is 1.34. The number of aromatic carboxylic acids is 1. The molecule has 1 aromatic heterocycles. The van der Waals surface area contributed by atoms with Crippen LogP contribution in [0.1, 0.15) is 43.2 Å². The molecule has 1 aliphatic heterocycles. The number of carboxylic acid groups (broad SMARTS) is 1. The lowest BCUT2D eigenvalue weighted by atomic mass is 10.1. The average Bonchev–Trinajstić information content (AvgIpc) is 3.32. The van der Waals surface area contributed by atoms with Gasteiger partial charge >= 0.3 is 12.1 Å². The summed E-state index contributed by atoms with van der Waals surface area (Å²) in [4.78, 5) is 30.2. The fourth-order valence-corrected chi connectivity index (χ4v) is 3.86. The molecule has 37 heavy (non-hydrogen) atoms. The van der Waals surface area contributed by atoms with E-state index < -0.39 is 11.6 Å². The summed E-state index contributed by atoms with van der Waals surface area (Å²) in [6.07, 6.45) is 1.95. The second kappa shape index (κ2) is 11.2. The van der Waals surface area contributed by atoms with Gasteiger partial charge in [-0.3, -0.25) is 4.98 Å². The maximum absolute atomic E-state index is 12.3. The molecule has 0 saturated carbocycles. The second-order valence-corrected chi connectivity index (χ2v) is 9.75. The second-order valence-electron chi connectivity index (χ2n) is 9.75. The molecule has 1 fully saturated rings. The number of rotatable bonds is 8. The molecule has 2 aromatic carbocycles. The number of ether oxygens (including phenoxy) is 3. The number of benzene rings is 2. The molecule has 194 valence electrons. The van der Waals surface area contributed by atoms with E-state index in [1.54, 1.807) is 41.4 Å². The van der Waals surface area contributed by atoms with Crippen LogP contribution in [-0.2, 0) is 11.3 Å². The highest BCUT2D eigenvalue weighted by atomic mass is 16.6. The predicted octanol–water partition coefficient (Wildman–Crippen LogP) is 5.57. The quantitative estimate of drug-likeness (QED) is 0.409. The normalized spacial score (nSPS) is 15.2. The van der Waals surface area contributed by atoms with Gasteiger partial charge in [-0.05, 0) is 69.7 Å². The van der Waals surface area contributed by atoms with Crippen LogP contribution in [-0.4, -0.2) is 51.8 Å². The monoisotopic (exact) mass is 505 g/mol. The molecule has 0 radical (unpaired) electrons. The van der Waals surface area contributed by atoms with Crippen molar-refractivity contribution < 1.29 is 28.9 Å². The van der Waals surface area contributed by atoms with Gasteiger partial charge in [-0.1, -0.05) is 18.2 Å². The summed E-state index contributed by atoms with van der Waals surface area (Å²) >= 11 is 0. The number of pyridine rings is 1. The molecule has 0 aliphatic carbocycles. The van der Waals surface area contributed by atoms with Crippen LogP contribution in [0.2, 0.25) is 0 Å². The first-order valence-corrected chi connectivity index (χ1v) is 12.1. The van der Waals surface area contributed by atoms with Crippen LogP contribution < -0.4 is 14.8 Å². The minimum atomic E-state index is -1.09. The summed E-state index contributed by atoms with van der Waals surface area (Å²) in [6.45, 7) is 6.51. The largest absolute Gasteiger partial charge is 0.487 e. The van der Waals surface area contributed by atoms with Crippen LogP contribution in [0.3, 0.4) is 0 Å². The zero-order chi connectivity index (χ0) is 26.4. The van der Waals surface area contributed by atoms with Crippen LogP contribution in [0.5, 0.6) is 17.2 Å². The number of nitrogens with zero attached hydrogens (tertiary/aromatic N) is 2. The minimum absolute atomic E-state index is 0.00332. The van der Waals surface area contributed by atoms with E-state index in [0.717, 1.165) is 12.2 Å². The Morgan fingerprint density at radius 1 is 1.05 bits per heavy atom. The fourth-order valence-electron chi connectivity index (χ4n) is 3.86. The molecule has 1 aliphatic rings. The summed E-state index contributed by atoms with van der Waals surface area (Å²) < 4.78 is 17.0. The maximum Gasteiger partial charge on any atom is 0.410 e. The molecule has 1 atom stereocenters. The third-order valence-corrected chi connectivity index (χ3v) is 5.59. The topological polar surface area (TPSA) is 110 Å². The van der Waals surface area contributed by atoms with Gasteiger partial charge in [-0.2, -0.15) is 0 Å². The van der Waals surface area contributed by atoms with Crippen LogP contribution in [0.4, 0.5) is 10.5 Å². The first-order chi connectivity index (χ1) is 17.7. The molecule has 9 heteroatoms. The Morgan fingerprint density at radius 3 is 2.41 bits per heavy atom. The average molecular weight is 506 g/mol. The van der Waals surface area contributed by atoms with Crippen molar-refractivity contribution in [2.24, 2.45) is 0 Å². The van der Waals surface area contributed by atoms with Crippen LogP contribution in [0, 0.1) is 0 Å². The number of aromatic nitrogens is 1. The van der Waals surface area contributed by atoms with Crippen molar-refractivity contribution in [1.29, 1.82) is 0 Å². The van der Waals surface area contributed by atoms with E-state index in [0.29, 0.717) is 36.0 Å². The van der Waals surface area contributed by atoms with E-state index >= 15 is 0 Å². The number of carbonyl (C=O) groups is 2. The summed E-state index contributed by atoms with van der Waals surface area (Å²) in [5.74, 6) is 0.864. The van der Waals surface area contributed by atoms with E-state index in [1.807, 2.05) is 51.1 Å². The maximum atomic E-state index is 12.3. The van der Waals surface area contributed by atoms with Crippen molar-refractivity contribution in [3.63, 3.8) is 0 Å². The molecule has 1 amide bonds. The van der Waals surface area contributed by atoms with Gasteiger partial charge in [-0.15, -0.1) is 0 Å². The summed E-state index contributed by atoms with van der Waals surface area (Å²) in [5, 5.41) is 13.0. The van der Waals surface area contributed by atoms with Gasteiger partial charge in [-0.25, -0.2) is 9.59 Å². The summed E-state index contributed by atoms with van der Waals surface area (Å²) in [7, 11) is 0. The molecular formula is C28H31N3O6. The smallest absolute Gasteiger partial charge is 0.410 e. The van der Waals surface area contributed by atoms with Crippen LogP contribution >= 0.6 is 0 Å². The molecular weight excluding hydrogens is 474 g/mol. The van der Waals surface area contributed by atoms with E-state index in [-0.39, 0.29) is 24.3 Å². The summed E-state index contributed by atoms with van der Waals surface area (Å²) in [6, 6.07) is 18.0. The molecule has 2 N–H and O–H groups in total. The molecule has 1 unspecified atom stereocenters. The number of anilines is 1. The standard InChI is InChI=1S/C28H31N3O6/c1-28(2,3)37-27(34)31-14-13-19(17-31)30-20-15-24(26(32)33)25(29-16-20)18-35-21-9-11-23(12-10-21)36-22-7-5-4-6-8-22/h4-12,15-16,19,30H,13-14,17-18H2,1-3H3,(H,32,33). The van der Waals surface area contributed by atoms with Crippen molar-refractivity contribution in [2.45, 2.75) is 45.4 Å². The van der Waals surface area contributed by atoms with Crippen LogP contribution in [0.25, 0.3) is 0 Å². The molecule has 2 heterocycles. The Labute approximate surface area is 216 Å². The van der Waals surface area contributed by atoms with E-state index in [2.05, 4.69) is 10.3 Å². The zero-order valence-corrected chi connectivity index (χ0v) is 21.1. The number of nitrogens with one attached hydrogen (secondary N) is 1. The van der Waals surface area contributed by atoms with Gasteiger partial charge in [0.1, 0.15) is 29.5 Å². The molecule has 9 nitrogen and oxygen atoms in total. The number of likely N-dealkylation sites (tertiary alicyclic amines) is 1. The summed E-state index contributed by atoms with van der Waals surface area (Å²) in [5.41, 5.74) is 0.374. The van der Waals surface area contributed by atoms with Crippen molar-refractivity contribution in [3.8, 4) is 17.2 Å². The third kappa shape index (κ3) is 7.36. The van der Waals surface area contributed by atoms with Gasteiger partial charge in [0.25, 0.3) is 0 Å². The lowest BCUT2D eigenvalue weighted by molar-refractivity contribution is 0.0293. The van der Waals surface area contributed by atoms with Crippen molar-refractivity contribution in [3.05, 3.63) is 78.1 Å². The highest BCUT2D eigenvalue weighted by Crippen LogP contribution is 2.25. The SMILES string of the molecule is CC(C)(C)OC(=O)N1CCC(Nc2cnc(COc3ccc(Oc4ccccc4)cc3)c(C(=O)O)c2)C1. The number of hydrogen-bond donors (Lipinski definition) is 2. The molecule has 4 rings (SSSR count). The highest BCUT2D eigenvalue weighted by molar-refractivity contribution is 5.90. The predicted molar refractivity (Wildman–Crippen MR) is 138 cm³/mol. The van der Waals surface area contributed by atoms with Crippen molar-refractivity contribution in [1.82, 2.24) is 9.88 Å². The Bertz CT molecular complexity index is 1220. The number of carboxylic acids is 1. The Kier molecular flexibility index (Phi) is 7.81. The lowest BCUT2D eigenvalue weighted by Crippen LogP contribution is -2.36. The Morgan fingerprint density at radius 2 is 1.73 bits per heavy atom. The van der Waals surface area contributed by atoms with Crippen molar-refractivity contribution >= 4 is 17.7 Å². The fraction of sp³-hybridized carbons (Fsp3) is 0.321. The highest BCUT2D eigenvalue weighted by Gasteiger charge is 2.30. The van der Waals surface area contributed by atoms with Gasteiger partial charge in [0, 0.05) is 19.1 Å². The number of amides is 1. The third-order valence-electron chi connectivity index (χ3n) is 5.59. The first-order valence-electron chi connectivity index (χ1n) is 12.1. The molecule has 0 spiro atoms. The molecule has 0 bridgehead atoms. The van der Waals surface area contributed by atoms with E-state index in [4.69, 9.17) is 14.2 Å². The van der Waals surface area contributed by atoms with Gasteiger partial charge in [0.2, 0.25) is 0 Å². The van der Waals surface area contributed by atoms with Gasteiger partial charge in [0.15, 0.2) is 0 Å². The molecule has 1 saturated heterocycles. The Hall–Kier alpha value is -4.27.